The summed E-state index contributed by atoms with van der Waals surface area (Å²) >= 11 is 0. The van der Waals surface area contributed by atoms with Crippen molar-refractivity contribution in [1.82, 2.24) is 10.3 Å². The molecule has 1 N–H and O–H groups in total. The van der Waals surface area contributed by atoms with Gasteiger partial charge in [-0.25, -0.2) is 0 Å². The van der Waals surface area contributed by atoms with E-state index in [4.69, 9.17) is 0 Å². The van der Waals surface area contributed by atoms with Crippen molar-refractivity contribution >= 4 is 10.9 Å². The van der Waals surface area contributed by atoms with E-state index in [1.807, 2.05) is 0 Å². The maximum absolute atomic E-state index is 4.67. The van der Waals surface area contributed by atoms with Crippen molar-refractivity contribution in [2.24, 2.45) is 0 Å². The molecule has 1 atom stereocenters. The standard InChI is InChI=1S/C19H28N2/c1-4-6-7-11-18(20-13-5-2)17-14-15(3)21-19-12-9-8-10-16(17)19/h8-10,12,14,18,20H,4-7,11,13H2,1-3H3. The fourth-order valence-electron chi connectivity index (χ4n) is 2.91. The third-order valence-electron chi connectivity index (χ3n) is 3.99. The van der Waals surface area contributed by atoms with E-state index in [1.54, 1.807) is 0 Å². The number of unbranched alkanes of at least 4 members (excludes halogenated alkanes) is 2. The summed E-state index contributed by atoms with van der Waals surface area (Å²) in [7, 11) is 0. The Hall–Kier alpha value is -1.41. The summed E-state index contributed by atoms with van der Waals surface area (Å²) in [6.07, 6.45) is 6.25. The first-order valence-electron chi connectivity index (χ1n) is 8.36. The number of aryl methyl sites for hydroxylation is 1. The van der Waals surface area contributed by atoms with E-state index in [0.29, 0.717) is 6.04 Å². The molecule has 1 aromatic heterocycles. The number of fused-ring (bicyclic) bond motifs is 1. The summed E-state index contributed by atoms with van der Waals surface area (Å²) in [6, 6.07) is 11.2. The Labute approximate surface area is 129 Å². The largest absolute Gasteiger partial charge is 0.310 e. The molecule has 0 fully saturated rings. The Morgan fingerprint density at radius 2 is 1.90 bits per heavy atom. The number of nitrogens with one attached hydrogen (secondary N) is 1. The van der Waals surface area contributed by atoms with E-state index < -0.39 is 0 Å². The zero-order valence-corrected chi connectivity index (χ0v) is 13.7. The summed E-state index contributed by atoms with van der Waals surface area (Å²) in [5.74, 6) is 0. The first-order valence-corrected chi connectivity index (χ1v) is 8.36. The molecule has 1 unspecified atom stereocenters. The second-order valence-electron chi connectivity index (χ2n) is 5.87. The van der Waals surface area contributed by atoms with Crippen LogP contribution in [0.25, 0.3) is 10.9 Å². The molecule has 1 heterocycles. The van der Waals surface area contributed by atoms with E-state index >= 15 is 0 Å². The average Bonchev–Trinajstić information content (AvgIpc) is 2.50. The Balaban J connectivity index is 2.33. The number of nitrogens with zero attached hydrogens (tertiary/aromatic N) is 1. The highest BCUT2D eigenvalue weighted by atomic mass is 14.9. The van der Waals surface area contributed by atoms with Crippen molar-refractivity contribution in [1.29, 1.82) is 0 Å². The molecule has 1 aromatic carbocycles. The first-order chi connectivity index (χ1) is 10.3. The van der Waals surface area contributed by atoms with Crippen LogP contribution in [0, 0.1) is 6.92 Å². The molecular weight excluding hydrogens is 256 g/mol. The van der Waals surface area contributed by atoms with E-state index in [-0.39, 0.29) is 0 Å². The predicted octanol–water partition coefficient (Wildman–Crippen LogP) is 5.16. The van der Waals surface area contributed by atoms with Crippen molar-refractivity contribution in [2.45, 2.75) is 58.9 Å². The van der Waals surface area contributed by atoms with Gasteiger partial charge in [0.05, 0.1) is 5.52 Å². The SMILES string of the molecule is CCCCCC(NCCC)c1cc(C)nc2ccccc12. The number of hydrogen-bond donors (Lipinski definition) is 1. The van der Waals surface area contributed by atoms with Gasteiger partial charge in [0, 0.05) is 17.1 Å². The quantitative estimate of drug-likeness (QED) is 0.677. The highest BCUT2D eigenvalue weighted by Gasteiger charge is 2.14. The summed E-state index contributed by atoms with van der Waals surface area (Å²) in [5, 5.41) is 5.04. The Morgan fingerprint density at radius 1 is 1.10 bits per heavy atom. The number of para-hydroxylation sites is 1. The molecular formula is C19H28N2. The van der Waals surface area contributed by atoms with Crippen LogP contribution in [0.3, 0.4) is 0 Å². The lowest BCUT2D eigenvalue weighted by Crippen LogP contribution is -2.22. The van der Waals surface area contributed by atoms with Crippen molar-refractivity contribution in [3.05, 3.63) is 41.6 Å². The minimum atomic E-state index is 0.447. The second-order valence-corrected chi connectivity index (χ2v) is 5.87. The summed E-state index contributed by atoms with van der Waals surface area (Å²) < 4.78 is 0. The zero-order valence-electron chi connectivity index (χ0n) is 13.7. The third-order valence-corrected chi connectivity index (χ3v) is 3.99. The lowest BCUT2D eigenvalue weighted by Gasteiger charge is -2.21. The minimum absolute atomic E-state index is 0.447. The third kappa shape index (κ3) is 4.28. The first kappa shape index (κ1) is 16.0. The fourth-order valence-corrected chi connectivity index (χ4v) is 2.91. The van der Waals surface area contributed by atoms with Gasteiger partial charge in [0.25, 0.3) is 0 Å². The molecule has 2 heteroatoms. The van der Waals surface area contributed by atoms with Gasteiger partial charge in [0.1, 0.15) is 0 Å². The molecule has 0 bridgehead atoms. The number of rotatable bonds is 8. The van der Waals surface area contributed by atoms with Crippen LogP contribution in [-0.4, -0.2) is 11.5 Å². The topological polar surface area (TPSA) is 24.9 Å². The summed E-state index contributed by atoms with van der Waals surface area (Å²) in [6.45, 7) is 7.66. The monoisotopic (exact) mass is 284 g/mol. The van der Waals surface area contributed by atoms with Gasteiger partial charge in [-0.15, -0.1) is 0 Å². The fraction of sp³-hybridized carbons (Fsp3) is 0.526. The van der Waals surface area contributed by atoms with Gasteiger partial charge in [0.15, 0.2) is 0 Å². The molecule has 114 valence electrons. The lowest BCUT2D eigenvalue weighted by atomic mass is 9.96. The van der Waals surface area contributed by atoms with Gasteiger partial charge in [-0.3, -0.25) is 4.98 Å². The number of benzene rings is 1. The van der Waals surface area contributed by atoms with Gasteiger partial charge in [-0.2, -0.15) is 0 Å². The van der Waals surface area contributed by atoms with Crippen LogP contribution in [0.1, 0.15) is 63.3 Å². The van der Waals surface area contributed by atoms with Gasteiger partial charge >= 0.3 is 0 Å². The predicted molar refractivity (Wildman–Crippen MR) is 91.7 cm³/mol. The Morgan fingerprint density at radius 3 is 2.67 bits per heavy atom. The number of pyridine rings is 1. The van der Waals surface area contributed by atoms with Gasteiger partial charge in [0.2, 0.25) is 0 Å². The normalized spacial score (nSPS) is 12.7. The van der Waals surface area contributed by atoms with Gasteiger partial charge in [-0.05, 0) is 44.0 Å². The summed E-state index contributed by atoms with van der Waals surface area (Å²) in [4.78, 5) is 4.67. The highest BCUT2D eigenvalue weighted by Crippen LogP contribution is 2.27. The molecule has 0 radical (unpaired) electrons. The molecule has 0 aliphatic carbocycles. The summed E-state index contributed by atoms with van der Waals surface area (Å²) in [5.41, 5.74) is 3.65. The van der Waals surface area contributed by atoms with Gasteiger partial charge in [-0.1, -0.05) is 51.3 Å². The average molecular weight is 284 g/mol. The molecule has 2 rings (SSSR count). The van der Waals surface area contributed by atoms with Crippen LogP contribution in [0.2, 0.25) is 0 Å². The van der Waals surface area contributed by atoms with E-state index in [1.165, 1.54) is 43.1 Å². The molecule has 21 heavy (non-hydrogen) atoms. The molecule has 0 saturated carbocycles. The maximum Gasteiger partial charge on any atom is 0.0708 e. The van der Waals surface area contributed by atoms with Crippen LogP contribution >= 0.6 is 0 Å². The van der Waals surface area contributed by atoms with Crippen LogP contribution in [0.15, 0.2) is 30.3 Å². The van der Waals surface area contributed by atoms with Crippen LogP contribution in [0.5, 0.6) is 0 Å². The number of hydrogen-bond acceptors (Lipinski definition) is 2. The van der Waals surface area contributed by atoms with Crippen molar-refractivity contribution in [3.8, 4) is 0 Å². The van der Waals surface area contributed by atoms with Crippen molar-refractivity contribution < 1.29 is 0 Å². The number of aromatic nitrogens is 1. The van der Waals surface area contributed by atoms with Gasteiger partial charge < -0.3 is 5.32 Å². The van der Waals surface area contributed by atoms with Crippen LogP contribution in [0.4, 0.5) is 0 Å². The van der Waals surface area contributed by atoms with E-state index in [9.17, 15) is 0 Å². The highest BCUT2D eigenvalue weighted by molar-refractivity contribution is 5.82. The molecule has 0 saturated heterocycles. The smallest absolute Gasteiger partial charge is 0.0708 e. The molecule has 0 aliphatic heterocycles. The van der Waals surface area contributed by atoms with E-state index in [2.05, 4.69) is 61.4 Å². The van der Waals surface area contributed by atoms with Crippen LogP contribution < -0.4 is 5.32 Å². The zero-order chi connectivity index (χ0) is 15.1. The van der Waals surface area contributed by atoms with Crippen LogP contribution in [-0.2, 0) is 0 Å². The van der Waals surface area contributed by atoms with E-state index in [0.717, 1.165) is 17.8 Å². The molecule has 0 aliphatic rings. The minimum Gasteiger partial charge on any atom is -0.310 e. The molecule has 2 aromatic rings. The molecule has 0 amide bonds. The Kier molecular flexibility index (Phi) is 6.19. The van der Waals surface area contributed by atoms with Crippen molar-refractivity contribution in [3.63, 3.8) is 0 Å². The Bertz CT molecular complexity index is 562. The second kappa shape index (κ2) is 8.14. The molecule has 2 nitrogen and oxygen atoms in total. The maximum atomic E-state index is 4.67. The lowest BCUT2D eigenvalue weighted by molar-refractivity contribution is 0.476. The van der Waals surface area contributed by atoms with Crippen molar-refractivity contribution in [2.75, 3.05) is 6.54 Å². The molecule has 0 spiro atoms.